The Bertz CT molecular complexity index is 2800. The first-order valence-corrected chi connectivity index (χ1v) is 16.6. The SMILES string of the molecule is c1ccc(-c2nc(-c3ccccc3)nc(-c3ccc4c(c3)oc3c(-c5cc(-c6ccccc6)c6c(c5)oc5ccccc56)cccc34)n2)cc1. The lowest BCUT2D eigenvalue weighted by atomic mass is 9.94. The molecule has 5 heteroatoms. The van der Waals surface area contributed by atoms with E-state index < -0.39 is 0 Å². The Hall–Kier alpha value is -6.85. The lowest BCUT2D eigenvalue weighted by molar-refractivity contribution is 0.668. The lowest BCUT2D eigenvalue weighted by Crippen LogP contribution is -2.00. The standard InChI is InChI=1S/C45H27N3O2/c1-4-13-28(14-5-1)37-25-32(27-40-41(37)36-19-10-11-22-38(36)49-40)33-20-12-21-35-34-24-23-31(26-39(34)50-42(33)35)45-47-43(29-15-6-2-7-16-29)46-44(48-45)30-17-8-3-9-18-30/h1-27H. The number of fused-ring (bicyclic) bond motifs is 6. The van der Waals surface area contributed by atoms with E-state index in [1.807, 2.05) is 84.9 Å². The molecule has 0 fully saturated rings. The highest BCUT2D eigenvalue weighted by Crippen LogP contribution is 2.43. The summed E-state index contributed by atoms with van der Waals surface area (Å²) in [6.07, 6.45) is 0. The quantitative estimate of drug-likeness (QED) is 0.187. The second-order valence-corrected chi connectivity index (χ2v) is 12.4. The van der Waals surface area contributed by atoms with Crippen LogP contribution in [0, 0.1) is 0 Å². The molecule has 0 spiro atoms. The Balaban J connectivity index is 1.15. The van der Waals surface area contributed by atoms with Crippen LogP contribution in [0.5, 0.6) is 0 Å². The summed E-state index contributed by atoms with van der Waals surface area (Å²) in [5.74, 6) is 1.83. The summed E-state index contributed by atoms with van der Waals surface area (Å²) in [7, 11) is 0. The van der Waals surface area contributed by atoms with E-state index in [1.165, 1.54) is 0 Å². The molecular weight excluding hydrogens is 615 g/mol. The van der Waals surface area contributed by atoms with Crippen LogP contribution in [0.2, 0.25) is 0 Å². The minimum absolute atomic E-state index is 0.586. The molecule has 0 radical (unpaired) electrons. The van der Waals surface area contributed by atoms with Gasteiger partial charge in [0.2, 0.25) is 0 Å². The molecule has 7 aromatic carbocycles. The summed E-state index contributed by atoms with van der Waals surface area (Å²) in [6, 6.07) is 55.7. The van der Waals surface area contributed by atoms with E-state index in [4.69, 9.17) is 23.8 Å². The van der Waals surface area contributed by atoms with Gasteiger partial charge >= 0.3 is 0 Å². The summed E-state index contributed by atoms with van der Waals surface area (Å²) in [5, 5.41) is 4.28. The van der Waals surface area contributed by atoms with E-state index in [1.54, 1.807) is 0 Å². The summed E-state index contributed by atoms with van der Waals surface area (Å²) in [5.41, 5.74) is 10.3. The van der Waals surface area contributed by atoms with Crippen molar-refractivity contribution in [1.82, 2.24) is 15.0 Å². The van der Waals surface area contributed by atoms with Gasteiger partial charge in [-0.3, -0.25) is 0 Å². The van der Waals surface area contributed by atoms with Crippen LogP contribution in [0.15, 0.2) is 173 Å². The average molecular weight is 642 g/mol. The molecule has 0 aliphatic heterocycles. The van der Waals surface area contributed by atoms with Crippen LogP contribution in [0.1, 0.15) is 0 Å². The summed E-state index contributed by atoms with van der Waals surface area (Å²) < 4.78 is 13.2. The fourth-order valence-electron chi connectivity index (χ4n) is 6.96. The maximum Gasteiger partial charge on any atom is 0.164 e. The third kappa shape index (κ3) is 4.67. The number of rotatable bonds is 5. The van der Waals surface area contributed by atoms with Gasteiger partial charge in [-0.25, -0.2) is 15.0 Å². The van der Waals surface area contributed by atoms with Gasteiger partial charge < -0.3 is 8.83 Å². The van der Waals surface area contributed by atoms with E-state index in [0.29, 0.717) is 17.5 Å². The van der Waals surface area contributed by atoms with Crippen LogP contribution >= 0.6 is 0 Å². The Morgan fingerprint density at radius 2 is 0.900 bits per heavy atom. The first-order chi connectivity index (χ1) is 24.8. The van der Waals surface area contributed by atoms with Crippen LogP contribution in [-0.2, 0) is 0 Å². The largest absolute Gasteiger partial charge is 0.456 e. The summed E-state index contributed by atoms with van der Waals surface area (Å²) >= 11 is 0. The van der Waals surface area contributed by atoms with Crippen molar-refractivity contribution in [3.8, 4) is 56.4 Å². The molecule has 0 aliphatic rings. The molecule has 0 bridgehead atoms. The van der Waals surface area contributed by atoms with Crippen molar-refractivity contribution in [1.29, 1.82) is 0 Å². The third-order valence-corrected chi connectivity index (χ3v) is 9.33. The topological polar surface area (TPSA) is 65.0 Å². The number of para-hydroxylation sites is 2. The molecule has 0 amide bonds. The Morgan fingerprint density at radius 3 is 1.60 bits per heavy atom. The van der Waals surface area contributed by atoms with Crippen molar-refractivity contribution in [2.45, 2.75) is 0 Å². The fourth-order valence-corrected chi connectivity index (χ4v) is 6.96. The van der Waals surface area contributed by atoms with Gasteiger partial charge in [0.15, 0.2) is 17.5 Å². The average Bonchev–Trinajstić information content (AvgIpc) is 3.76. The highest BCUT2D eigenvalue weighted by Gasteiger charge is 2.19. The minimum Gasteiger partial charge on any atom is -0.456 e. The van der Waals surface area contributed by atoms with Crippen LogP contribution < -0.4 is 0 Å². The van der Waals surface area contributed by atoms with Crippen molar-refractivity contribution in [2.75, 3.05) is 0 Å². The van der Waals surface area contributed by atoms with E-state index in [2.05, 4.69) is 78.9 Å². The van der Waals surface area contributed by atoms with Gasteiger partial charge in [-0.15, -0.1) is 0 Å². The van der Waals surface area contributed by atoms with Crippen molar-refractivity contribution in [3.63, 3.8) is 0 Å². The van der Waals surface area contributed by atoms with Crippen LogP contribution in [0.4, 0.5) is 0 Å². The molecule has 0 saturated heterocycles. The van der Waals surface area contributed by atoms with Crippen LogP contribution in [0.3, 0.4) is 0 Å². The normalized spacial score (nSPS) is 11.6. The molecule has 0 aliphatic carbocycles. The van der Waals surface area contributed by atoms with Crippen molar-refractivity contribution < 1.29 is 8.83 Å². The fraction of sp³-hybridized carbons (Fsp3) is 0. The molecule has 0 atom stereocenters. The summed E-state index contributed by atoms with van der Waals surface area (Å²) in [4.78, 5) is 14.7. The van der Waals surface area contributed by atoms with Gasteiger partial charge in [0, 0.05) is 43.8 Å². The van der Waals surface area contributed by atoms with Gasteiger partial charge in [-0.1, -0.05) is 133 Å². The molecule has 50 heavy (non-hydrogen) atoms. The predicted molar refractivity (Wildman–Crippen MR) is 202 cm³/mol. The maximum absolute atomic E-state index is 6.74. The summed E-state index contributed by atoms with van der Waals surface area (Å²) in [6.45, 7) is 0. The molecule has 10 rings (SSSR count). The number of benzene rings is 7. The third-order valence-electron chi connectivity index (χ3n) is 9.33. The molecule has 3 heterocycles. The lowest BCUT2D eigenvalue weighted by Gasteiger charge is -2.09. The highest BCUT2D eigenvalue weighted by atomic mass is 16.3. The minimum atomic E-state index is 0.586. The molecule has 0 N–H and O–H groups in total. The molecule has 0 saturated carbocycles. The smallest absolute Gasteiger partial charge is 0.164 e. The second kappa shape index (κ2) is 11.4. The van der Waals surface area contributed by atoms with E-state index in [-0.39, 0.29) is 0 Å². The maximum atomic E-state index is 6.74. The number of aromatic nitrogens is 3. The zero-order chi connectivity index (χ0) is 33.0. The van der Waals surface area contributed by atoms with Gasteiger partial charge in [0.25, 0.3) is 0 Å². The van der Waals surface area contributed by atoms with E-state index in [0.717, 1.165) is 82.8 Å². The van der Waals surface area contributed by atoms with Crippen molar-refractivity contribution >= 4 is 43.9 Å². The Morgan fingerprint density at radius 1 is 0.320 bits per heavy atom. The Kier molecular flexibility index (Phi) is 6.42. The molecule has 10 aromatic rings. The molecule has 0 unspecified atom stereocenters. The molecular formula is C45H27N3O2. The van der Waals surface area contributed by atoms with Crippen molar-refractivity contribution in [2.24, 2.45) is 0 Å². The number of hydrogen-bond donors (Lipinski definition) is 0. The first-order valence-electron chi connectivity index (χ1n) is 16.6. The van der Waals surface area contributed by atoms with Crippen LogP contribution in [0.25, 0.3) is 100 Å². The second-order valence-electron chi connectivity index (χ2n) is 12.4. The number of nitrogens with zero attached hydrogens (tertiary/aromatic N) is 3. The van der Waals surface area contributed by atoms with Crippen molar-refractivity contribution in [3.05, 3.63) is 164 Å². The molecule has 3 aromatic heterocycles. The van der Waals surface area contributed by atoms with Gasteiger partial charge in [-0.05, 0) is 47.0 Å². The van der Waals surface area contributed by atoms with E-state index in [9.17, 15) is 0 Å². The number of furan rings is 2. The van der Waals surface area contributed by atoms with Gasteiger partial charge in [0.05, 0.1) is 0 Å². The molecule has 234 valence electrons. The van der Waals surface area contributed by atoms with Crippen LogP contribution in [-0.4, -0.2) is 15.0 Å². The highest BCUT2D eigenvalue weighted by molar-refractivity contribution is 6.15. The zero-order valence-corrected chi connectivity index (χ0v) is 26.7. The van der Waals surface area contributed by atoms with Gasteiger partial charge in [0.1, 0.15) is 22.3 Å². The monoisotopic (exact) mass is 641 g/mol. The zero-order valence-electron chi connectivity index (χ0n) is 26.7. The molecule has 5 nitrogen and oxygen atoms in total. The Labute approximate surface area is 287 Å². The number of hydrogen-bond acceptors (Lipinski definition) is 5. The predicted octanol–water partition coefficient (Wildman–Crippen LogP) is 12.0. The van der Waals surface area contributed by atoms with E-state index >= 15 is 0 Å². The first kappa shape index (κ1) is 28.2. The van der Waals surface area contributed by atoms with Gasteiger partial charge in [-0.2, -0.15) is 0 Å².